The van der Waals surface area contributed by atoms with E-state index in [-0.39, 0.29) is 24.2 Å². The molecule has 0 aliphatic carbocycles. The summed E-state index contributed by atoms with van der Waals surface area (Å²) >= 11 is 0. The van der Waals surface area contributed by atoms with Gasteiger partial charge in [0.2, 0.25) is 15.9 Å². The second kappa shape index (κ2) is 8.49. The Morgan fingerprint density at radius 2 is 1.96 bits per heavy atom. The maximum atomic E-state index is 12.5. The Balaban J connectivity index is 1.53. The zero-order valence-corrected chi connectivity index (χ0v) is 16.3. The van der Waals surface area contributed by atoms with Gasteiger partial charge < -0.3 is 9.80 Å². The lowest BCUT2D eigenvalue weighted by molar-refractivity contribution is -0.138. The predicted octanol–water partition coefficient (Wildman–Crippen LogP) is 0.232. The summed E-state index contributed by atoms with van der Waals surface area (Å²) in [6.07, 6.45) is 7.05. The van der Waals surface area contributed by atoms with Gasteiger partial charge in [-0.25, -0.2) is 8.42 Å². The van der Waals surface area contributed by atoms with Gasteiger partial charge in [-0.2, -0.15) is 9.40 Å². The van der Waals surface area contributed by atoms with E-state index in [0.29, 0.717) is 19.6 Å². The van der Waals surface area contributed by atoms with E-state index < -0.39 is 10.0 Å². The minimum absolute atomic E-state index is 0.0187. The third-order valence-corrected chi connectivity index (χ3v) is 7.21. The van der Waals surface area contributed by atoms with Crippen LogP contribution in [-0.4, -0.2) is 89.3 Å². The van der Waals surface area contributed by atoms with Crippen LogP contribution in [0.1, 0.15) is 26.2 Å². The summed E-state index contributed by atoms with van der Waals surface area (Å²) in [4.78, 5) is 16.3. The van der Waals surface area contributed by atoms with Crippen molar-refractivity contribution in [2.75, 3.05) is 45.0 Å². The molecule has 3 rings (SSSR count). The summed E-state index contributed by atoms with van der Waals surface area (Å²) in [5, 5.41) is 4.04. The highest BCUT2D eigenvalue weighted by Crippen LogP contribution is 2.20. The van der Waals surface area contributed by atoms with E-state index in [2.05, 4.69) is 10.00 Å². The monoisotopic (exact) mass is 383 g/mol. The highest BCUT2D eigenvalue weighted by Gasteiger charge is 2.39. The Morgan fingerprint density at radius 1 is 1.23 bits per heavy atom. The van der Waals surface area contributed by atoms with Crippen LogP contribution in [0.3, 0.4) is 0 Å². The number of sulfonamides is 1. The molecule has 0 unspecified atom stereocenters. The fraction of sp³-hybridized carbons (Fsp3) is 0.765. The largest absolute Gasteiger partial charge is 0.338 e. The Morgan fingerprint density at radius 3 is 2.58 bits per heavy atom. The molecule has 2 saturated heterocycles. The van der Waals surface area contributed by atoms with Crippen LogP contribution in [0.15, 0.2) is 18.5 Å². The molecule has 146 valence electrons. The van der Waals surface area contributed by atoms with Gasteiger partial charge in [0.05, 0.1) is 11.8 Å². The predicted molar refractivity (Wildman–Crippen MR) is 99.1 cm³/mol. The van der Waals surface area contributed by atoms with E-state index >= 15 is 0 Å². The average molecular weight is 384 g/mol. The smallest absolute Gasteiger partial charge is 0.244 e. The topological polar surface area (TPSA) is 78.8 Å². The van der Waals surface area contributed by atoms with Crippen molar-refractivity contribution in [3.8, 4) is 0 Å². The van der Waals surface area contributed by atoms with Gasteiger partial charge >= 0.3 is 0 Å². The molecule has 0 saturated carbocycles. The third-order valence-electron chi connectivity index (χ3n) is 5.29. The third kappa shape index (κ3) is 4.63. The van der Waals surface area contributed by atoms with Crippen molar-refractivity contribution in [3.05, 3.63) is 18.5 Å². The molecule has 2 aliphatic heterocycles. The van der Waals surface area contributed by atoms with Crippen LogP contribution < -0.4 is 0 Å². The molecule has 2 aliphatic rings. The summed E-state index contributed by atoms with van der Waals surface area (Å²) in [7, 11) is -3.27. The van der Waals surface area contributed by atoms with Gasteiger partial charge in [0, 0.05) is 38.6 Å². The Labute approximate surface area is 155 Å². The number of likely N-dealkylation sites (tertiary alicyclic amines) is 2. The number of aromatic nitrogens is 2. The molecule has 0 radical (unpaired) electrons. The summed E-state index contributed by atoms with van der Waals surface area (Å²) in [5.74, 6) is 0.0832. The molecule has 0 bridgehead atoms. The van der Waals surface area contributed by atoms with E-state index in [0.717, 1.165) is 19.6 Å². The van der Waals surface area contributed by atoms with Crippen molar-refractivity contribution in [2.24, 2.45) is 0 Å². The first-order chi connectivity index (χ1) is 12.5. The molecular formula is C17H29N5O3S. The van der Waals surface area contributed by atoms with Crippen LogP contribution in [0.5, 0.6) is 0 Å². The van der Waals surface area contributed by atoms with Gasteiger partial charge in [-0.1, -0.05) is 6.42 Å². The molecule has 0 atom stereocenters. The Kier molecular flexibility index (Phi) is 6.31. The number of hydrogen-bond donors (Lipinski definition) is 0. The molecule has 9 heteroatoms. The minimum Gasteiger partial charge on any atom is -0.338 e. The van der Waals surface area contributed by atoms with Gasteiger partial charge in [-0.15, -0.1) is 0 Å². The first-order valence-corrected chi connectivity index (χ1v) is 11.1. The zero-order chi connectivity index (χ0) is 18.6. The normalized spacial score (nSPS) is 19.7. The van der Waals surface area contributed by atoms with Crippen molar-refractivity contribution in [1.82, 2.24) is 23.9 Å². The SMILES string of the molecule is CCS(=O)(=O)N(CCN1CCCCC1)C1CN(C(=O)Cn2cccn2)C1. The lowest BCUT2D eigenvalue weighted by Gasteiger charge is -2.45. The number of carbonyl (C=O) groups excluding carboxylic acids is 1. The molecule has 26 heavy (non-hydrogen) atoms. The highest BCUT2D eigenvalue weighted by atomic mass is 32.2. The summed E-state index contributed by atoms with van der Waals surface area (Å²) in [6.45, 7) is 6.23. The van der Waals surface area contributed by atoms with Crippen LogP contribution in [0.4, 0.5) is 0 Å². The van der Waals surface area contributed by atoms with Gasteiger partial charge in [0.1, 0.15) is 6.54 Å². The Bertz CT molecular complexity index is 679. The van der Waals surface area contributed by atoms with Crippen molar-refractivity contribution >= 4 is 15.9 Å². The molecule has 0 spiro atoms. The van der Waals surface area contributed by atoms with Gasteiger partial charge in [-0.05, 0) is 38.9 Å². The second-order valence-electron chi connectivity index (χ2n) is 7.07. The van der Waals surface area contributed by atoms with Crippen molar-refractivity contribution in [1.29, 1.82) is 0 Å². The van der Waals surface area contributed by atoms with E-state index in [4.69, 9.17) is 0 Å². The number of carbonyl (C=O) groups is 1. The fourth-order valence-electron chi connectivity index (χ4n) is 3.61. The van der Waals surface area contributed by atoms with Crippen molar-refractivity contribution in [2.45, 2.75) is 38.8 Å². The molecule has 1 amide bonds. The minimum atomic E-state index is -3.27. The molecule has 8 nitrogen and oxygen atoms in total. The fourth-order valence-corrected chi connectivity index (χ4v) is 4.89. The van der Waals surface area contributed by atoms with E-state index in [1.54, 1.807) is 39.3 Å². The molecule has 1 aromatic rings. The maximum absolute atomic E-state index is 12.5. The van der Waals surface area contributed by atoms with Crippen LogP contribution in [0, 0.1) is 0 Å². The number of piperidine rings is 1. The van der Waals surface area contributed by atoms with Crippen molar-refractivity contribution < 1.29 is 13.2 Å². The van der Waals surface area contributed by atoms with Gasteiger partial charge in [0.15, 0.2) is 0 Å². The highest BCUT2D eigenvalue weighted by molar-refractivity contribution is 7.89. The van der Waals surface area contributed by atoms with Crippen LogP contribution >= 0.6 is 0 Å². The van der Waals surface area contributed by atoms with Crippen LogP contribution in [0.25, 0.3) is 0 Å². The van der Waals surface area contributed by atoms with Crippen molar-refractivity contribution in [3.63, 3.8) is 0 Å². The first-order valence-electron chi connectivity index (χ1n) is 9.46. The number of nitrogens with zero attached hydrogens (tertiary/aromatic N) is 5. The number of hydrogen-bond acceptors (Lipinski definition) is 5. The molecule has 1 aromatic heterocycles. The van der Waals surface area contributed by atoms with Gasteiger partial charge in [-0.3, -0.25) is 9.48 Å². The maximum Gasteiger partial charge on any atom is 0.244 e. The summed E-state index contributed by atoms with van der Waals surface area (Å²) < 4.78 is 28.3. The quantitative estimate of drug-likeness (QED) is 0.642. The van der Waals surface area contributed by atoms with E-state index in [1.807, 2.05) is 0 Å². The van der Waals surface area contributed by atoms with E-state index in [1.165, 1.54) is 19.3 Å². The lowest BCUT2D eigenvalue weighted by atomic mass is 10.1. The standard InChI is InChI=1S/C17H29N5O3S/c1-2-26(24,25)22(12-11-19-8-4-3-5-9-19)16-13-20(14-16)17(23)15-21-10-6-7-18-21/h6-7,10,16H,2-5,8-9,11-15H2,1H3. The zero-order valence-electron chi connectivity index (χ0n) is 15.5. The van der Waals surface area contributed by atoms with E-state index in [9.17, 15) is 13.2 Å². The molecular weight excluding hydrogens is 354 g/mol. The number of rotatable bonds is 8. The summed E-state index contributed by atoms with van der Waals surface area (Å²) in [6, 6.07) is 1.67. The van der Waals surface area contributed by atoms with Crippen LogP contribution in [0.2, 0.25) is 0 Å². The van der Waals surface area contributed by atoms with Gasteiger partial charge in [0.25, 0.3) is 0 Å². The average Bonchev–Trinajstić information content (AvgIpc) is 3.10. The first kappa shape index (κ1) is 19.3. The van der Waals surface area contributed by atoms with Crippen LogP contribution in [-0.2, 0) is 21.4 Å². The second-order valence-corrected chi connectivity index (χ2v) is 9.28. The summed E-state index contributed by atoms with van der Waals surface area (Å²) in [5.41, 5.74) is 0. The Hall–Kier alpha value is -1.45. The lowest BCUT2D eigenvalue weighted by Crippen LogP contribution is -2.63. The molecule has 0 N–H and O–H groups in total. The number of amides is 1. The molecule has 0 aromatic carbocycles. The molecule has 2 fully saturated rings. The molecule has 3 heterocycles.